The Kier molecular flexibility index (Phi) is 6.55. The van der Waals surface area contributed by atoms with Crippen molar-refractivity contribution in [2.24, 2.45) is 0 Å². The fourth-order valence-corrected chi connectivity index (χ4v) is 7.02. The van der Waals surface area contributed by atoms with Gasteiger partial charge < -0.3 is 14.4 Å². The molecule has 0 spiro atoms. The number of hydrogen-bond acceptors (Lipinski definition) is 4. The Morgan fingerprint density at radius 2 is 1.40 bits per heavy atom. The summed E-state index contributed by atoms with van der Waals surface area (Å²) in [5.74, 6) is 1.20. The van der Waals surface area contributed by atoms with Gasteiger partial charge in [-0.1, -0.05) is 68.1 Å². The van der Waals surface area contributed by atoms with Gasteiger partial charge in [0.15, 0.2) is 0 Å². The predicted octanol–water partition coefficient (Wildman–Crippen LogP) is 5.67. The largest absolute Gasteiger partial charge is 0.340 e. The number of benzene rings is 2. The van der Waals surface area contributed by atoms with E-state index in [1.165, 1.54) is 75.9 Å². The van der Waals surface area contributed by atoms with Crippen molar-refractivity contribution < 1.29 is 0 Å². The molecule has 0 bridgehead atoms. The summed E-state index contributed by atoms with van der Waals surface area (Å²) in [5, 5.41) is 0. The van der Waals surface area contributed by atoms with Crippen molar-refractivity contribution in [2.45, 2.75) is 62.9 Å². The summed E-state index contributed by atoms with van der Waals surface area (Å²) in [4.78, 5) is 13.0. The number of likely N-dealkylation sites (N-methyl/N-ethyl adjacent to an activating group) is 1. The van der Waals surface area contributed by atoms with Gasteiger partial charge in [-0.25, -0.2) is 4.98 Å². The van der Waals surface area contributed by atoms with Gasteiger partial charge in [0.2, 0.25) is 5.95 Å². The van der Waals surface area contributed by atoms with Crippen molar-refractivity contribution in [1.29, 1.82) is 0 Å². The van der Waals surface area contributed by atoms with Crippen molar-refractivity contribution in [1.82, 2.24) is 19.4 Å². The van der Waals surface area contributed by atoms with Crippen molar-refractivity contribution >= 4 is 17.0 Å². The van der Waals surface area contributed by atoms with Crippen molar-refractivity contribution in [3.05, 3.63) is 60.2 Å². The molecule has 1 aromatic heterocycles. The molecule has 0 amide bonds. The number of aromatic nitrogens is 2. The number of anilines is 1. The van der Waals surface area contributed by atoms with Crippen molar-refractivity contribution in [3.63, 3.8) is 0 Å². The lowest BCUT2D eigenvalue weighted by atomic mass is 9.79. The number of nitrogens with zero attached hydrogens (tertiary/aromatic N) is 5. The monoisotopic (exact) mass is 471 g/mol. The van der Waals surface area contributed by atoms with Gasteiger partial charge in [0.1, 0.15) is 0 Å². The zero-order chi connectivity index (χ0) is 23.7. The molecule has 3 aliphatic rings. The first-order chi connectivity index (χ1) is 17.2. The van der Waals surface area contributed by atoms with Gasteiger partial charge in [-0.2, -0.15) is 0 Å². The van der Waals surface area contributed by atoms with Crippen LogP contribution in [0.1, 0.15) is 63.0 Å². The SMILES string of the molecule is CN1CCN(c2nc3ccccc3n2C2CCN(C3(c4ccccc4)CCCCCC3)CC2)CC1. The van der Waals surface area contributed by atoms with E-state index in [9.17, 15) is 0 Å². The molecule has 0 unspecified atom stereocenters. The number of para-hydroxylation sites is 2. The lowest BCUT2D eigenvalue weighted by Gasteiger charge is -2.48. The van der Waals surface area contributed by atoms with Crippen LogP contribution in [0.25, 0.3) is 11.0 Å². The highest BCUT2D eigenvalue weighted by molar-refractivity contribution is 5.79. The van der Waals surface area contributed by atoms with Gasteiger partial charge in [0.25, 0.3) is 0 Å². The maximum atomic E-state index is 5.18. The van der Waals surface area contributed by atoms with Crippen LogP contribution in [0.15, 0.2) is 54.6 Å². The Bertz CT molecular complexity index is 1100. The van der Waals surface area contributed by atoms with Gasteiger partial charge >= 0.3 is 0 Å². The van der Waals surface area contributed by atoms with Crippen LogP contribution in [0.5, 0.6) is 0 Å². The Labute approximate surface area is 210 Å². The molecule has 35 heavy (non-hydrogen) atoms. The van der Waals surface area contributed by atoms with Gasteiger partial charge in [0, 0.05) is 50.8 Å². The van der Waals surface area contributed by atoms with E-state index >= 15 is 0 Å². The summed E-state index contributed by atoms with van der Waals surface area (Å²) in [6, 6.07) is 20.8. The number of hydrogen-bond donors (Lipinski definition) is 0. The molecule has 186 valence electrons. The molecule has 0 radical (unpaired) electrons. The van der Waals surface area contributed by atoms with E-state index in [4.69, 9.17) is 4.98 Å². The van der Waals surface area contributed by atoms with Gasteiger partial charge in [0.05, 0.1) is 11.0 Å². The molecule has 2 saturated heterocycles. The first kappa shape index (κ1) is 23.1. The summed E-state index contributed by atoms with van der Waals surface area (Å²) in [6.45, 7) is 6.70. The molecule has 1 aliphatic carbocycles. The second kappa shape index (κ2) is 9.94. The lowest BCUT2D eigenvalue weighted by Crippen LogP contribution is -2.50. The number of likely N-dealkylation sites (tertiary alicyclic amines) is 1. The average Bonchev–Trinajstić information content (AvgIpc) is 3.12. The highest BCUT2D eigenvalue weighted by Crippen LogP contribution is 2.44. The zero-order valence-electron chi connectivity index (χ0n) is 21.4. The molecule has 5 heteroatoms. The van der Waals surface area contributed by atoms with E-state index in [0.717, 1.165) is 31.7 Å². The molecular formula is C30H41N5. The van der Waals surface area contributed by atoms with Crippen LogP contribution < -0.4 is 4.90 Å². The summed E-state index contributed by atoms with van der Waals surface area (Å²) in [5.41, 5.74) is 4.23. The van der Waals surface area contributed by atoms with Crippen LogP contribution >= 0.6 is 0 Å². The Morgan fingerprint density at radius 1 is 0.743 bits per heavy atom. The molecule has 3 aromatic rings. The number of piperidine rings is 1. The smallest absolute Gasteiger partial charge is 0.206 e. The minimum atomic E-state index is 0.222. The third kappa shape index (κ3) is 4.38. The Morgan fingerprint density at radius 3 is 2.11 bits per heavy atom. The normalized spacial score (nSPS) is 22.9. The molecule has 2 aromatic carbocycles. The van der Waals surface area contributed by atoms with Crippen molar-refractivity contribution in [3.8, 4) is 0 Å². The fraction of sp³-hybridized carbons (Fsp3) is 0.567. The predicted molar refractivity (Wildman–Crippen MR) is 145 cm³/mol. The number of imidazole rings is 1. The van der Waals surface area contributed by atoms with Gasteiger partial charge in [-0.05, 0) is 50.4 Å². The first-order valence-electron chi connectivity index (χ1n) is 14.0. The van der Waals surface area contributed by atoms with E-state index in [1.807, 2.05) is 0 Å². The Balaban J connectivity index is 1.28. The van der Waals surface area contributed by atoms with Crippen LogP contribution in [0.2, 0.25) is 0 Å². The number of rotatable bonds is 4. The fourth-order valence-electron chi connectivity index (χ4n) is 7.02. The summed E-state index contributed by atoms with van der Waals surface area (Å²) >= 11 is 0. The summed E-state index contributed by atoms with van der Waals surface area (Å²) in [6.07, 6.45) is 10.5. The molecule has 3 heterocycles. The van der Waals surface area contributed by atoms with Crippen LogP contribution in [0.4, 0.5) is 5.95 Å². The maximum absolute atomic E-state index is 5.18. The topological polar surface area (TPSA) is 27.5 Å². The van der Waals surface area contributed by atoms with E-state index in [0.29, 0.717) is 6.04 Å². The van der Waals surface area contributed by atoms with Crippen molar-refractivity contribution in [2.75, 3.05) is 51.2 Å². The first-order valence-corrected chi connectivity index (χ1v) is 14.0. The highest BCUT2D eigenvalue weighted by atomic mass is 15.4. The van der Waals surface area contributed by atoms with Crippen LogP contribution in [-0.4, -0.2) is 65.7 Å². The zero-order valence-corrected chi connectivity index (χ0v) is 21.4. The third-order valence-electron chi connectivity index (χ3n) is 9.04. The average molecular weight is 472 g/mol. The van der Waals surface area contributed by atoms with Gasteiger partial charge in [-0.15, -0.1) is 0 Å². The molecular weight excluding hydrogens is 430 g/mol. The maximum Gasteiger partial charge on any atom is 0.206 e. The minimum absolute atomic E-state index is 0.222. The summed E-state index contributed by atoms with van der Waals surface area (Å²) in [7, 11) is 2.23. The molecule has 1 saturated carbocycles. The molecule has 0 atom stereocenters. The summed E-state index contributed by atoms with van der Waals surface area (Å²) < 4.78 is 2.61. The minimum Gasteiger partial charge on any atom is -0.340 e. The molecule has 5 nitrogen and oxygen atoms in total. The molecule has 0 N–H and O–H groups in total. The second-order valence-corrected chi connectivity index (χ2v) is 11.1. The van der Waals surface area contributed by atoms with Crippen LogP contribution in [-0.2, 0) is 5.54 Å². The third-order valence-corrected chi connectivity index (χ3v) is 9.04. The highest BCUT2D eigenvalue weighted by Gasteiger charge is 2.41. The number of fused-ring (bicyclic) bond motifs is 1. The quantitative estimate of drug-likeness (QED) is 0.458. The van der Waals surface area contributed by atoms with Crippen LogP contribution in [0.3, 0.4) is 0 Å². The molecule has 3 fully saturated rings. The molecule has 6 rings (SSSR count). The van der Waals surface area contributed by atoms with Crippen LogP contribution in [0, 0.1) is 0 Å². The number of piperazine rings is 1. The second-order valence-electron chi connectivity index (χ2n) is 11.1. The lowest BCUT2D eigenvalue weighted by molar-refractivity contribution is 0.0361. The van der Waals surface area contributed by atoms with E-state index in [1.54, 1.807) is 5.56 Å². The standard InChI is InChI=1S/C30H41N5/c1-32-21-23-33(24-22-32)29-31-27-13-7-8-14-28(27)35(29)26-15-19-34(20-16-26)30(17-9-2-3-10-18-30)25-11-5-4-6-12-25/h4-8,11-14,26H,2-3,9-10,15-24H2,1H3. The van der Waals surface area contributed by atoms with E-state index in [-0.39, 0.29) is 5.54 Å². The Hall–Kier alpha value is -2.37. The van der Waals surface area contributed by atoms with E-state index in [2.05, 4.69) is 80.9 Å². The van der Waals surface area contributed by atoms with Gasteiger partial charge in [-0.3, -0.25) is 4.90 Å². The molecule has 2 aliphatic heterocycles. The van der Waals surface area contributed by atoms with E-state index < -0.39 is 0 Å².